The molecule has 1 heterocycles. The molecule has 26 heavy (non-hydrogen) atoms. The molecule has 2 N–H and O–H groups in total. The molecular formula is C19H22O7. The number of carbonyl (C=O) groups excluding carboxylic acids is 3. The summed E-state index contributed by atoms with van der Waals surface area (Å²) >= 11 is 0. The Kier molecular flexibility index (Phi) is 6.52. The maximum atomic E-state index is 12.5. The molecular weight excluding hydrogens is 340 g/mol. The molecule has 0 bridgehead atoms. The fraction of sp³-hybridized carbons (Fsp3) is 0.421. The second-order valence-corrected chi connectivity index (χ2v) is 6.22. The van der Waals surface area contributed by atoms with Crippen LogP contribution < -0.4 is 4.74 Å². The highest BCUT2D eigenvalue weighted by Crippen LogP contribution is 2.30. The van der Waals surface area contributed by atoms with Crippen LogP contribution in [0.2, 0.25) is 0 Å². The zero-order chi connectivity index (χ0) is 19.3. The Morgan fingerprint density at radius 1 is 1.15 bits per heavy atom. The zero-order valence-corrected chi connectivity index (χ0v) is 14.7. The van der Waals surface area contributed by atoms with Crippen molar-refractivity contribution in [3.8, 4) is 11.5 Å². The Morgan fingerprint density at radius 2 is 1.88 bits per heavy atom. The topological polar surface area (TPSA) is 110 Å². The number of phenols is 1. The highest BCUT2D eigenvalue weighted by atomic mass is 16.5. The van der Waals surface area contributed by atoms with Crippen LogP contribution in [0, 0.1) is 0 Å². The third-order valence-corrected chi connectivity index (χ3v) is 4.13. The molecule has 7 heteroatoms. The van der Waals surface area contributed by atoms with Crippen LogP contribution >= 0.6 is 0 Å². The number of aliphatic hydroxyl groups is 1. The molecule has 0 aromatic heterocycles. The number of esters is 1. The Morgan fingerprint density at radius 3 is 2.58 bits per heavy atom. The number of rotatable bonds is 1. The average Bonchev–Trinajstić information content (AvgIpc) is 2.58. The molecule has 1 aromatic rings. The van der Waals surface area contributed by atoms with Crippen molar-refractivity contribution in [3.05, 3.63) is 29.3 Å². The number of phenolic OH excluding ortho intramolecular Hbond substituents is 1. The number of methoxy groups -OCH3 is 1. The van der Waals surface area contributed by atoms with Crippen LogP contribution in [-0.4, -0.2) is 47.1 Å². The standard InChI is InChI=1S/C19H22O7/c1-11-4-3-5-15(21)16(22)9-13(20)7-6-12-8-14(25-2)10-17(23)18(12)19(24)26-11/h6-8,10-11,15,21,23H,3-5,9H2,1-2H3/t11-,15?/m0/s1. The number of benzene rings is 1. The van der Waals surface area contributed by atoms with Crippen molar-refractivity contribution in [2.24, 2.45) is 0 Å². The largest absolute Gasteiger partial charge is 0.507 e. The predicted octanol–water partition coefficient (Wildman–Crippen LogP) is 2.03. The van der Waals surface area contributed by atoms with E-state index in [1.165, 1.54) is 25.3 Å². The summed E-state index contributed by atoms with van der Waals surface area (Å²) in [5.41, 5.74) is 0.155. The maximum absolute atomic E-state index is 12.5. The second kappa shape index (κ2) is 8.62. The number of cyclic esters (lactones) is 1. The van der Waals surface area contributed by atoms with Crippen LogP contribution in [0.25, 0.3) is 6.08 Å². The maximum Gasteiger partial charge on any atom is 0.342 e. The minimum absolute atomic E-state index is 0.0786. The molecule has 0 saturated heterocycles. The van der Waals surface area contributed by atoms with Crippen molar-refractivity contribution in [1.29, 1.82) is 0 Å². The molecule has 1 aromatic carbocycles. The van der Waals surface area contributed by atoms with Gasteiger partial charge in [0.15, 0.2) is 11.6 Å². The van der Waals surface area contributed by atoms with Crippen molar-refractivity contribution in [3.63, 3.8) is 0 Å². The van der Waals surface area contributed by atoms with Gasteiger partial charge in [0.1, 0.15) is 23.2 Å². The molecule has 1 aliphatic heterocycles. The van der Waals surface area contributed by atoms with Gasteiger partial charge in [-0.2, -0.15) is 0 Å². The monoisotopic (exact) mass is 362 g/mol. The van der Waals surface area contributed by atoms with Gasteiger partial charge in [0.05, 0.1) is 19.6 Å². The van der Waals surface area contributed by atoms with Gasteiger partial charge >= 0.3 is 5.97 Å². The fourth-order valence-electron chi connectivity index (χ4n) is 2.69. The number of aromatic hydroxyl groups is 1. The van der Waals surface area contributed by atoms with Crippen molar-refractivity contribution in [1.82, 2.24) is 0 Å². The third kappa shape index (κ3) is 4.92. The number of carbonyl (C=O) groups is 3. The number of fused-ring (bicyclic) bond motifs is 1. The van der Waals surface area contributed by atoms with E-state index >= 15 is 0 Å². The summed E-state index contributed by atoms with van der Waals surface area (Å²) in [6.45, 7) is 1.69. The van der Waals surface area contributed by atoms with E-state index in [0.29, 0.717) is 18.6 Å². The molecule has 0 aliphatic carbocycles. The zero-order valence-electron chi connectivity index (χ0n) is 14.7. The first-order valence-electron chi connectivity index (χ1n) is 8.35. The molecule has 2 atom stereocenters. The molecule has 0 radical (unpaired) electrons. The molecule has 140 valence electrons. The molecule has 2 rings (SSSR count). The lowest BCUT2D eigenvalue weighted by Gasteiger charge is -2.17. The molecule has 0 fully saturated rings. The van der Waals surface area contributed by atoms with Gasteiger partial charge in [-0.1, -0.05) is 6.08 Å². The van der Waals surface area contributed by atoms with Gasteiger partial charge in [-0.25, -0.2) is 4.79 Å². The third-order valence-electron chi connectivity index (χ3n) is 4.13. The Hall–Kier alpha value is -2.67. The normalized spacial score (nSPS) is 22.3. The van der Waals surface area contributed by atoms with Crippen LogP contribution in [0.3, 0.4) is 0 Å². The van der Waals surface area contributed by atoms with E-state index in [1.807, 2.05) is 0 Å². The van der Waals surface area contributed by atoms with Crippen molar-refractivity contribution >= 4 is 23.6 Å². The predicted molar refractivity (Wildman–Crippen MR) is 93.1 cm³/mol. The SMILES string of the molecule is COc1cc(O)c2c(c1)C=CC(=O)CC(=O)C(O)CCC[C@H](C)OC2=O. The average molecular weight is 362 g/mol. The Bertz CT molecular complexity index is 736. The van der Waals surface area contributed by atoms with E-state index in [1.54, 1.807) is 6.92 Å². The number of allylic oxidation sites excluding steroid dienone is 1. The summed E-state index contributed by atoms with van der Waals surface area (Å²) in [4.78, 5) is 36.3. The van der Waals surface area contributed by atoms with Crippen LogP contribution in [0.15, 0.2) is 18.2 Å². The number of ketones is 2. The van der Waals surface area contributed by atoms with Crippen molar-refractivity contribution < 1.29 is 34.1 Å². The van der Waals surface area contributed by atoms with E-state index < -0.39 is 36.2 Å². The van der Waals surface area contributed by atoms with E-state index in [9.17, 15) is 24.6 Å². The van der Waals surface area contributed by atoms with Gasteiger partial charge in [-0.05, 0) is 43.9 Å². The minimum Gasteiger partial charge on any atom is -0.507 e. The summed E-state index contributed by atoms with van der Waals surface area (Å²) in [5.74, 6) is -1.81. The van der Waals surface area contributed by atoms with E-state index in [-0.39, 0.29) is 23.3 Å². The Balaban J connectivity index is 2.45. The number of hydrogen-bond donors (Lipinski definition) is 2. The fourth-order valence-corrected chi connectivity index (χ4v) is 2.69. The smallest absolute Gasteiger partial charge is 0.342 e. The van der Waals surface area contributed by atoms with E-state index in [2.05, 4.69) is 0 Å². The van der Waals surface area contributed by atoms with Crippen LogP contribution in [0.5, 0.6) is 11.5 Å². The highest BCUT2D eigenvalue weighted by Gasteiger charge is 2.23. The van der Waals surface area contributed by atoms with Crippen LogP contribution in [0.4, 0.5) is 0 Å². The number of hydrogen-bond acceptors (Lipinski definition) is 7. The molecule has 0 amide bonds. The number of Topliss-reactive ketones (excluding diaryl/α,β-unsaturated/α-hetero) is 1. The van der Waals surface area contributed by atoms with Gasteiger partial charge in [0, 0.05) is 6.07 Å². The lowest BCUT2D eigenvalue weighted by atomic mass is 10.0. The molecule has 1 unspecified atom stereocenters. The quantitative estimate of drug-likeness (QED) is 0.581. The minimum atomic E-state index is -1.21. The second-order valence-electron chi connectivity index (χ2n) is 6.22. The molecule has 1 aliphatic rings. The first-order valence-corrected chi connectivity index (χ1v) is 8.35. The van der Waals surface area contributed by atoms with Gasteiger partial charge in [-0.3, -0.25) is 9.59 Å². The van der Waals surface area contributed by atoms with E-state index in [0.717, 1.165) is 6.08 Å². The summed E-state index contributed by atoms with van der Waals surface area (Å²) in [6.07, 6.45) is 1.42. The first kappa shape index (κ1) is 19.7. The highest BCUT2D eigenvalue weighted by molar-refractivity contribution is 6.08. The number of ether oxygens (including phenoxy) is 2. The summed E-state index contributed by atoms with van der Waals surface area (Å²) in [7, 11) is 1.40. The summed E-state index contributed by atoms with van der Waals surface area (Å²) in [6, 6.07) is 2.76. The molecule has 0 spiro atoms. The van der Waals surface area contributed by atoms with Gasteiger partial charge in [-0.15, -0.1) is 0 Å². The van der Waals surface area contributed by atoms with Crippen molar-refractivity contribution in [2.75, 3.05) is 7.11 Å². The van der Waals surface area contributed by atoms with Gasteiger partial charge in [0.2, 0.25) is 0 Å². The Labute approximate surface area is 151 Å². The van der Waals surface area contributed by atoms with Crippen molar-refractivity contribution in [2.45, 2.75) is 44.8 Å². The van der Waals surface area contributed by atoms with Gasteiger partial charge < -0.3 is 19.7 Å². The molecule has 0 saturated carbocycles. The summed E-state index contributed by atoms with van der Waals surface area (Å²) < 4.78 is 10.4. The van der Waals surface area contributed by atoms with Crippen LogP contribution in [0.1, 0.15) is 48.5 Å². The number of aliphatic hydroxyl groups excluding tert-OH is 1. The lowest BCUT2D eigenvalue weighted by molar-refractivity contribution is -0.131. The van der Waals surface area contributed by atoms with E-state index in [4.69, 9.17) is 9.47 Å². The first-order chi connectivity index (χ1) is 12.3. The van der Waals surface area contributed by atoms with Gasteiger partial charge in [0.25, 0.3) is 0 Å². The lowest BCUT2D eigenvalue weighted by Crippen LogP contribution is -2.23. The van der Waals surface area contributed by atoms with Crippen LogP contribution in [-0.2, 0) is 14.3 Å². The summed E-state index contributed by atoms with van der Waals surface area (Å²) in [5, 5.41) is 20.0. The molecule has 7 nitrogen and oxygen atoms in total.